The highest BCUT2D eigenvalue weighted by Gasteiger charge is 2.29. The summed E-state index contributed by atoms with van der Waals surface area (Å²) in [5, 5.41) is 4.24. The average Bonchev–Trinajstić information content (AvgIpc) is 3.08. The third-order valence-electron chi connectivity index (χ3n) is 5.32. The van der Waals surface area contributed by atoms with E-state index in [0.717, 1.165) is 43.1 Å². The normalized spacial score (nSPS) is 23.2. The molecule has 0 radical (unpaired) electrons. The number of ether oxygens (including phenoxy) is 1. The molecule has 3 rings (SSSR count). The third kappa shape index (κ3) is 4.68. The monoisotopic (exact) mass is 348 g/mol. The van der Waals surface area contributed by atoms with Crippen LogP contribution in [-0.4, -0.2) is 55.4 Å². The van der Waals surface area contributed by atoms with E-state index in [-0.39, 0.29) is 0 Å². The van der Waals surface area contributed by atoms with E-state index in [1.165, 1.54) is 31.2 Å². The van der Waals surface area contributed by atoms with Gasteiger partial charge in [0.1, 0.15) is 12.6 Å². The largest absolute Gasteiger partial charge is 0.372 e. The number of piperidine rings is 1. The third-order valence-corrected chi connectivity index (χ3v) is 5.68. The van der Waals surface area contributed by atoms with Gasteiger partial charge in [0.25, 0.3) is 0 Å². The lowest BCUT2D eigenvalue weighted by atomic mass is 10.0. The van der Waals surface area contributed by atoms with Gasteiger partial charge in [-0.3, -0.25) is 0 Å². The number of aryl methyl sites for hydroxylation is 1. The molecule has 1 aromatic rings. The molecule has 24 heavy (non-hydrogen) atoms. The summed E-state index contributed by atoms with van der Waals surface area (Å²) < 4.78 is 5.79. The molecule has 5 heteroatoms. The number of likely N-dealkylation sites (tertiary alicyclic amines) is 1. The average molecular weight is 349 g/mol. The molecule has 0 aliphatic carbocycles. The molecule has 1 aromatic carbocycles. The number of hydrogen-bond donors (Lipinski definition) is 2. The maximum absolute atomic E-state index is 5.79. The van der Waals surface area contributed by atoms with Crippen molar-refractivity contribution in [3.63, 3.8) is 0 Å². The Balaban J connectivity index is 1.44. The number of thiocarbonyl (C=S) groups is 1. The van der Waals surface area contributed by atoms with E-state index in [1.807, 2.05) is 0 Å². The molecule has 0 amide bonds. The summed E-state index contributed by atoms with van der Waals surface area (Å²) in [6.07, 6.45) is 5.35. The first-order valence-corrected chi connectivity index (χ1v) is 9.59. The predicted octanol–water partition coefficient (Wildman–Crippen LogP) is 1.85. The van der Waals surface area contributed by atoms with Gasteiger partial charge >= 0.3 is 0 Å². The van der Waals surface area contributed by atoms with Crippen molar-refractivity contribution in [2.24, 2.45) is 0 Å². The van der Waals surface area contributed by atoms with Crippen molar-refractivity contribution < 1.29 is 9.64 Å². The molecule has 132 valence electrons. The fourth-order valence-corrected chi connectivity index (χ4v) is 4.13. The Morgan fingerprint density at radius 1 is 1.33 bits per heavy atom. The van der Waals surface area contributed by atoms with Gasteiger partial charge in [-0.05, 0) is 49.7 Å². The van der Waals surface area contributed by atoms with E-state index < -0.39 is 0 Å². The van der Waals surface area contributed by atoms with Crippen LogP contribution in [0.1, 0.15) is 31.2 Å². The van der Waals surface area contributed by atoms with E-state index in [1.54, 1.807) is 4.90 Å². The van der Waals surface area contributed by atoms with Crippen LogP contribution in [0.3, 0.4) is 0 Å². The molecule has 0 aromatic heterocycles. The molecule has 2 fully saturated rings. The molecular formula is C19H30N3OS+. The second kappa shape index (κ2) is 8.28. The van der Waals surface area contributed by atoms with Crippen molar-refractivity contribution in [1.82, 2.24) is 4.90 Å². The fraction of sp³-hybridized carbons (Fsp3) is 0.632. The lowest BCUT2D eigenvalue weighted by molar-refractivity contribution is -0.910. The van der Waals surface area contributed by atoms with Gasteiger partial charge in [0.15, 0.2) is 5.11 Å². The molecule has 2 heterocycles. The lowest BCUT2D eigenvalue weighted by Crippen LogP contribution is -3.14. The number of nitrogens with one attached hydrogen (secondary N) is 2. The number of anilines is 1. The summed E-state index contributed by atoms with van der Waals surface area (Å²) in [5.41, 5.74) is 2.34. The molecule has 2 atom stereocenters. The summed E-state index contributed by atoms with van der Waals surface area (Å²) in [6, 6.07) is 9.11. The molecule has 0 saturated carbocycles. The van der Waals surface area contributed by atoms with Crippen molar-refractivity contribution in [3.05, 3.63) is 29.8 Å². The molecule has 0 bridgehead atoms. The van der Waals surface area contributed by atoms with E-state index in [0.29, 0.717) is 6.10 Å². The quantitative estimate of drug-likeness (QED) is 0.813. The van der Waals surface area contributed by atoms with E-state index in [4.69, 9.17) is 17.0 Å². The zero-order valence-electron chi connectivity index (χ0n) is 14.9. The summed E-state index contributed by atoms with van der Waals surface area (Å²) in [4.78, 5) is 3.94. The minimum absolute atomic E-state index is 0.479. The maximum Gasteiger partial charge on any atom is 0.173 e. The fourth-order valence-electron chi connectivity index (χ4n) is 3.83. The molecule has 2 N–H and O–H groups in total. The van der Waals surface area contributed by atoms with Crippen LogP contribution >= 0.6 is 12.2 Å². The Kier molecular flexibility index (Phi) is 6.09. The summed E-state index contributed by atoms with van der Waals surface area (Å²) in [6.45, 7) is 6.30. The standard InChI is InChI=1S/C19H29N3OS/c1-15-5-3-6-16(13-15)20-19(24)22-10-8-17(9-11-22)21(2)14-18-7-4-12-23-18/h3,5-6,13,17-18H,4,7-12,14H2,1-2H3,(H,20,24)/p+1. The number of nitrogens with zero attached hydrogens (tertiary/aromatic N) is 1. The topological polar surface area (TPSA) is 28.9 Å². The Labute approximate surface area is 151 Å². The van der Waals surface area contributed by atoms with Crippen molar-refractivity contribution in [1.29, 1.82) is 0 Å². The van der Waals surface area contributed by atoms with Gasteiger partial charge in [-0.15, -0.1) is 0 Å². The summed E-state index contributed by atoms with van der Waals surface area (Å²) in [5.74, 6) is 0. The van der Waals surface area contributed by atoms with Crippen LogP contribution in [0.15, 0.2) is 24.3 Å². The Hall–Kier alpha value is -1.17. The van der Waals surface area contributed by atoms with Gasteiger partial charge in [0, 0.05) is 38.2 Å². The number of benzene rings is 1. The molecule has 4 nitrogen and oxygen atoms in total. The molecule has 2 saturated heterocycles. The highest BCUT2D eigenvalue weighted by molar-refractivity contribution is 7.80. The highest BCUT2D eigenvalue weighted by Crippen LogP contribution is 2.14. The Bertz CT molecular complexity index is 551. The van der Waals surface area contributed by atoms with E-state index in [9.17, 15) is 0 Å². The number of quaternary nitrogens is 1. The van der Waals surface area contributed by atoms with Gasteiger partial charge in [0.2, 0.25) is 0 Å². The first kappa shape index (κ1) is 17.6. The molecule has 2 unspecified atom stereocenters. The molecule has 2 aliphatic rings. The number of likely N-dealkylation sites (N-methyl/N-ethyl adjacent to an activating group) is 1. The van der Waals surface area contributed by atoms with Crippen molar-refractivity contribution in [3.8, 4) is 0 Å². The first-order chi connectivity index (χ1) is 11.6. The minimum Gasteiger partial charge on any atom is -0.372 e. The van der Waals surface area contributed by atoms with Crippen LogP contribution in [0.5, 0.6) is 0 Å². The van der Waals surface area contributed by atoms with Gasteiger partial charge in [-0.1, -0.05) is 12.1 Å². The SMILES string of the molecule is Cc1cccc(NC(=S)N2CCC([NH+](C)CC3CCCO3)CC2)c1. The van der Waals surface area contributed by atoms with Gasteiger partial charge in [-0.25, -0.2) is 0 Å². The van der Waals surface area contributed by atoms with Crippen LogP contribution < -0.4 is 10.2 Å². The van der Waals surface area contributed by atoms with Crippen molar-refractivity contribution in [2.75, 3.05) is 38.6 Å². The molecule has 0 spiro atoms. The van der Waals surface area contributed by atoms with Crippen LogP contribution in [0.4, 0.5) is 5.69 Å². The smallest absolute Gasteiger partial charge is 0.173 e. The maximum atomic E-state index is 5.79. The second-order valence-corrected chi connectivity index (χ2v) is 7.63. The lowest BCUT2D eigenvalue weighted by Gasteiger charge is -2.36. The molecule has 2 aliphatic heterocycles. The van der Waals surface area contributed by atoms with Gasteiger partial charge in [-0.2, -0.15) is 0 Å². The van der Waals surface area contributed by atoms with Crippen LogP contribution in [0, 0.1) is 6.92 Å². The zero-order valence-corrected chi connectivity index (χ0v) is 15.7. The van der Waals surface area contributed by atoms with Crippen molar-refractivity contribution >= 4 is 23.0 Å². The minimum atomic E-state index is 0.479. The van der Waals surface area contributed by atoms with Crippen LogP contribution in [-0.2, 0) is 4.74 Å². The predicted molar refractivity (Wildman–Crippen MR) is 103 cm³/mol. The van der Waals surface area contributed by atoms with Crippen LogP contribution in [0.2, 0.25) is 0 Å². The van der Waals surface area contributed by atoms with E-state index in [2.05, 4.69) is 48.5 Å². The first-order valence-electron chi connectivity index (χ1n) is 9.18. The number of rotatable bonds is 4. The van der Waals surface area contributed by atoms with Crippen LogP contribution in [0.25, 0.3) is 0 Å². The second-order valence-electron chi connectivity index (χ2n) is 7.25. The summed E-state index contributed by atoms with van der Waals surface area (Å²) >= 11 is 5.61. The Morgan fingerprint density at radius 3 is 2.79 bits per heavy atom. The number of hydrogen-bond acceptors (Lipinski definition) is 2. The summed E-state index contributed by atoms with van der Waals surface area (Å²) in [7, 11) is 2.32. The van der Waals surface area contributed by atoms with Crippen molar-refractivity contribution in [2.45, 2.75) is 44.8 Å². The highest BCUT2D eigenvalue weighted by atomic mass is 32.1. The zero-order chi connectivity index (χ0) is 16.9. The Morgan fingerprint density at radius 2 is 2.12 bits per heavy atom. The van der Waals surface area contributed by atoms with E-state index >= 15 is 0 Å². The van der Waals surface area contributed by atoms with Gasteiger partial charge in [0.05, 0.1) is 13.1 Å². The molecular weight excluding hydrogens is 318 g/mol. The van der Waals surface area contributed by atoms with Gasteiger partial charge < -0.3 is 19.9 Å².